The van der Waals surface area contributed by atoms with Crippen molar-refractivity contribution in [2.24, 2.45) is 0 Å². The van der Waals surface area contributed by atoms with Crippen molar-refractivity contribution >= 4 is 38.9 Å². The highest BCUT2D eigenvalue weighted by Gasteiger charge is 2.21. The highest BCUT2D eigenvalue weighted by molar-refractivity contribution is 7.92. The zero-order valence-electron chi connectivity index (χ0n) is 16.5. The number of hydrogen-bond acceptors (Lipinski definition) is 4. The van der Waals surface area contributed by atoms with Crippen LogP contribution in [0.3, 0.4) is 0 Å². The van der Waals surface area contributed by atoms with E-state index in [-0.39, 0.29) is 22.1 Å². The summed E-state index contributed by atoms with van der Waals surface area (Å²) in [6.45, 7) is 2.30. The number of methoxy groups -OCH3 is 1. The van der Waals surface area contributed by atoms with Crippen molar-refractivity contribution < 1.29 is 17.9 Å². The van der Waals surface area contributed by atoms with E-state index in [4.69, 9.17) is 16.3 Å². The van der Waals surface area contributed by atoms with Crippen LogP contribution in [0.1, 0.15) is 17.3 Å². The minimum absolute atomic E-state index is 0.0421. The molecule has 0 unspecified atom stereocenters. The minimum atomic E-state index is -3.98. The highest BCUT2D eigenvalue weighted by atomic mass is 35.5. The summed E-state index contributed by atoms with van der Waals surface area (Å²) in [5.41, 5.74) is 1.21. The first-order valence-electron chi connectivity index (χ1n) is 9.19. The number of carbonyl (C=O) groups is 1. The first-order valence-corrected chi connectivity index (χ1v) is 11.0. The summed E-state index contributed by atoms with van der Waals surface area (Å²) in [6.07, 6.45) is 0. The van der Waals surface area contributed by atoms with Crippen LogP contribution in [0, 0.1) is 0 Å². The van der Waals surface area contributed by atoms with Gasteiger partial charge in [-0.05, 0) is 55.5 Å². The van der Waals surface area contributed by atoms with Crippen LogP contribution in [0.2, 0.25) is 5.02 Å². The van der Waals surface area contributed by atoms with Crippen LogP contribution in [-0.4, -0.2) is 28.0 Å². The zero-order valence-corrected chi connectivity index (χ0v) is 18.1. The Morgan fingerprint density at radius 3 is 2.43 bits per heavy atom. The number of benzene rings is 3. The summed E-state index contributed by atoms with van der Waals surface area (Å²) >= 11 is 5.98. The molecule has 0 aliphatic rings. The van der Waals surface area contributed by atoms with Gasteiger partial charge in [0.2, 0.25) is 0 Å². The predicted octanol–water partition coefficient (Wildman–Crippen LogP) is 4.82. The average molecular weight is 445 g/mol. The molecule has 1 N–H and O–H groups in total. The van der Waals surface area contributed by atoms with Gasteiger partial charge in [0.1, 0.15) is 5.75 Å². The standard InChI is InChI=1S/C22H21ClN2O4S/c1-3-25(18-9-5-4-6-10-18)22(26)16-8-7-11-19(14-16)30(27,28)24-20-15-17(23)12-13-21(20)29-2/h4-15,24H,3H2,1-2H3. The van der Waals surface area contributed by atoms with E-state index in [1.807, 2.05) is 37.3 Å². The van der Waals surface area contributed by atoms with Crippen molar-refractivity contribution in [2.45, 2.75) is 11.8 Å². The Kier molecular flexibility index (Phi) is 6.64. The molecule has 0 aliphatic carbocycles. The Bertz CT molecular complexity index is 1150. The van der Waals surface area contributed by atoms with Gasteiger partial charge in [-0.25, -0.2) is 8.42 Å². The number of sulfonamides is 1. The van der Waals surface area contributed by atoms with Crippen LogP contribution >= 0.6 is 11.6 Å². The van der Waals surface area contributed by atoms with Crippen LogP contribution in [0.4, 0.5) is 11.4 Å². The second kappa shape index (κ2) is 9.19. The number of ether oxygens (including phenoxy) is 1. The van der Waals surface area contributed by atoms with Crippen molar-refractivity contribution in [2.75, 3.05) is 23.3 Å². The number of nitrogens with zero attached hydrogens (tertiary/aromatic N) is 1. The van der Waals surface area contributed by atoms with Gasteiger partial charge >= 0.3 is 0 Å². The first kappa shape index (κ1) is 21.7. The molecule has 0 fully saturated rings. The van der Waals surface area contributed by atoms with E-state index >= 15 is 0 Å². The fourth-order valence-electron chi connectivity index (χ4n) is 2.97. The van der Waals surface area contributed by atoms with E-state index < -0.39 is 10.0 Å². The molecular formula is C22H21ClN2O4S. The first-order chi connectivity index (χ1) is 14.4. The zero-order chi connectivity index (χ0) is 21.7. The van der Waals surface area contributed by atoms with Crippen LogP contribution in [0.15, 0.2) is 77.7 Å². The smallest absolute Gasteiger partial charge is 0.262 e. The summed E-state index contributed by atoms with van der Waals surface area (Å²) in [6, 6.07) is 19.7. The molecule has 0 aromatic heterocycles. The van der Waals surface area contributed by atoms with Gasteiger partial charge in [0.05, 0.1) is 17.7 Å². The van der Waals surface area contributed by atoms with Gasteiger partial charge in [-0.3, -0.25) is 9.52 Å². The summed E-state index contributed by atoms with van der Waals surface area (Å²) in [4.78, 5) is 14.6. The van der Waals surface area contributed by atoms with Crippen molar-refractivity contribution in [3.8, 4) is 5.75 Å². The van der Waals surface area contributed by atoms with Gasteiger partial charge in [0.25, 0.3) is 15.9 Å². The Labute approximate surface area is 181 Å². The Morgan fingerprint density at radius 2 is 1.77 bits per heavy atom. The number of amides is 1. The second-order valence-corrected chi connectivity index (χ2v) is 8.48. The average Bonchev–Trinajstić information content (AvgIpc) is 2.75. The van der Waals surface area contributed by atoms with Crippen LogP contribution < -0.4 is 14.4 Å². The summed E-state index contributed by atoms with van der Waals surface area (Å²) in [7, 11) is -2.54. The number of para-hydroxylation sites is 1. The third-order valence-corrected chi connectivity index (χ3v) is 6.02. The van der Waals surface area contributed by atoms with E-state index in [0.29, 0.717) is 17.3 Å². The molecule has 0 atom stereocenters. The minimum Gasteiger partial charge on any atom is -0.495 e. The van der Waals surface area contributed by atoms with E-state index in [2.05, 4.69) is 4.72 Å². The SMILES string of the molecule is CCN(C(=O)c1cccc(S(=O)(=O)Nc2cc(Cl)ccc2OC)c1)c1ccccc1. The fraction of sp³-hybridized carbons (Fsp3) is 0.136. The van der Waals surface area contributed by atoms with Gasteiger partial charge in [0, 0.05) is 22.8 Å². The molecule has 30 heavy (non-hydrogen) atoms. The van der Waals surface area contributed by atoms with Gasteiger partial charge in [-0.2, -0.15) is 0 Å². The van der Waals surface area contributed by atoms with Gasteiger partial charge < -0.3 is 9.64 Å². The van der Waals surface area contributed by atoms with Gasteiger partial charge in [-0.1, -0.05) is 35.9 Å². The maximum absolute atomic E-state index is 13.0. The molecule has 0 saturated heterocycles. The molecule has 3 rings (SSSR count). The quantitative estimate of drug-likeness (QED) is 0.567. The van der Waals surface area contributed by atoms with E-state index in [0.717, 1.165) is 5.69 Å². The highest BCUT2D eigenvalue weighted by Crippen LogP contribution is 2.30. The summed E-state index contributed by atoms with van der Waals surface area (Å²) < 4.78 is 33.5. The Hall–Kier alpha value is -3.03. The van der Waals surface area contributed by atoms with Crippen LogP contribution in [0.25, 0.3) is 0 Å². The van der Waals surface area contributed by atoms with Crippen molar-refractivity contribution in [1.82, 2.24) is 0 Å². The van der Waals surface area contributed by atoms with Gasteiger partial charge in [-0.15, -0.1) is 0 Å². The predicted molar refractivity (Wildman–Crippen MR) is 119 cm³/mol. The summed E-state index contributed by atoms with van der Waals surface area (Å²) in [5, 5.41) is 0.360. The lowest BCUT2D eigenvalue weighted by Gasteiger charge is -2.21. The second-order valence-electron chi connectivity index (χ2n) is 6.36. The molecule has 8 heteroatoms. The number of rotatable bonds is 7. The fourth-order valence-corrected chi connectivity index (χ4v) is 4.25. The summed E-state index contributed by atoms with van der Waals surface area (Å²) in [5.74, 6) is 0.0394. The van der Waals surface area contributed by atoms with Crippen molar-refractivity contribution in [3.05, 3.63) is 83.4 Å². The molecule has 0 bridgehead atoms. The molecule has 1 amide bonds. The normalized spacial score (nSPS) is 11.0. The third-order valence-electron chi connectivity index (χ3n) is 4.43. The number of halogens is 1. The van der Waals surface area contributed by atoms with Crippen LogP contribution in [-0.2, 0) is 10.0 Å². The molecule has 0 saturated carbocycles. The van der Waals surface area contributed by atoms with Crippen molar-refractivity contribution in [3.63, 3.8) is 0 Å². The van der Waals surface area contributed by atoms with E-state index in [1.165, 1.54) is 31.4 Å². The number of hydrogen-bond donors (Lipinski definition) is 1. The largest absolute Gasteiger partial charge is 0.495 e. The molecule has 0 radical (unpaired) electrons. The molecular weight excluding hydrogens is 424 g/mol. The lowest BCUT2D eigenvalue weighted by molar-refractivity contribution is 0.0988. The lowest BCUT2D eigenvalue weighted by atomic mass is 10.2. The number of carbonyl (C=O) groups excluding carboxylic acids is 1. The molecule has 6 nitrogen and oxygen atoms in total. The van der Waals surface area contributed by atoms with E-state index in [9.17, 15) is 13.2 Å². The Balaban J connectivity index is 1.92. The monoisotopic (exact) mass is 444 g/mol. The van der Waals surface area contributed by atoms with Crippen molar-refractivity contribution in [1.29, 1.82) is 0 Å². The molecule has 3 aromatic carbocycles. The van der Waals surface area contributed by atoms with E-state index in [1.54, 1.807) is 23.1 Å². The van der Waals surface area contributed by atoms with Crippen LogP contribution in [0.5, 0.6) is 5.75 Å². The lowest BCUT2D eigenvalue weighted by Crippen LogP contribution is -2.30. The Morgan fingerprint density at radius 1 is 1.03 bits per heavy atom. The number of anilines is 2. The molecule has 0 spiro atoms. The molecule has 0 heterocycles. The molecule has 156 valence electrons. The third kappa shape index (κ3) is 4.75. The van der Waals surface area contributed by atoms with Gasteiger partial charge in [0.15, 0.2) is 0 Å². The molecule has 0 aliphatic heterocycles. The number of nitrogens with one attached hydrogen (secondary N) is 1. The molecule has 3 aromatic rings. The maximum atomic E-state index is 13.0. The maximum Gasteiger partial charge on any atom is 0.262 e. The topological polar surface area (TPSA) is 75.7 Å².